The van der Waals surface area contributed by atoms with Crippen LogP contribution in [0, 0.1) is 0 Å². The number of aromatic nitrogens is 4. The van der Waals surface area contributed by atoms with E-state index in [2.05, 4.69) is 39.2 Å². The van der Waals surface area contributed by atoms with E-state index < -0.39 is 0 Å². The summed E-state index contributed by atoms with van der Waals surface area (Å²) >= 11 is 8.67. The maximum Gasteiger partial charge on any atom is 0.161 e. The lowest BCUT2D eigenvalue weighted by Gasteiger charge is -2.29. The van der Waals surface area contributed by atoms with E-state index in [4.69, 9.17) is 16.6 Å². The molecule has 3 heterocycles. The number of H-pyrrole nitrogens is 1. The Morgan fingerprint density at radius 2 is 1.92 bits per heavy atom. The Hall–Kier alpha value is -1.99. The molecule has 4 rings (SSSR count). The smallest absolute Gasteiger partial charge is 0.161 e. The summed E-state index contributed by atoms with van der Waals surface area (Å²) in [6, 6.07) is 7.97. The Kier molecular flexibility index (Phi) is 4.91. The van der Waals surface area contributed by atoms with E-state index in [9.17, 15) is 0 Å². The lowest BCUT2D eigenvalue weighted by molar-refractivity contribution is 0.756. The lowest BCUT2D eigenvalue weighted by atomic mass is 10.2. The lowest BCUT2D eigenvalue weighted by Crippen LogP contribution is -2.33. The fourth-order valence-corrected chi connectivity index (χ4v) is 4.10. The minimum Gasteiger partial charge on any atom is -0.354 e. The van der Waals surface area contributed by atoms with Gasteiger partial charge in [-0.2, -0.15) is 16.9 Å². The molecule has 8 heteroatoms. The number of rotatable bonds is 4. The van der Waals surface area contributed by atoms with Crippen molar-refractivity contribution in [2.45, 2.75) is 19.8 Å². The van der Waals surface area contributed by atoms with Gasteiger partial charge in [0.1, 0.15) is 10.8 Å². The number of para-hydroxylation sites is 1. The molecule has 0 spiro atoms. The van der Waals surface area contributed by atoms with Crippen molar-refractivity contribution in [1.82, 2.24) is 20.2 Å². The summed E-state index contributed by atoms with van der Waals surface area (Å²) in [5.41, 5.74) is 0.970. The zero-order valence-corrected chi connectivity index (χ0v) is 16.4. The molecule has 1 saturated heterocycles. The second kappa shape index (κ2) is 7.32. The van der Waals surface area contributed by atoms with Gasteiger partial charge in [0, 0.05) is 35.9 Å². The van der Waals surface area contributed by atoms with Gasteiger partial charge in [-0.25, -0.2) is 9.97 Å². The largest absolute Gasteiger partial charge is 0.354 e. The Morgan fingerprint density at radius 3 is 2.69 bits per heavy atom. The Labute approximate surface area is 161 Å². The summed E-state index contributed by atoms with van der Waals surface area (Å²) in [7, 11) is 0. The highest BCUT2D eigenvalue weighted by molar-refractivity contribution is 7.99. The summed E-state index contributed by atoms with van der Waals surface area (Å²) in [5.74, 6) is 5.31. The van der Waals surface area contributed by atoms with Crippen LogP contribution in [0.3, 0.4) is 0 Å². The first-order chi connectivity index (χ1) is 12.6. The van der Waals surface area contributed by atoms with Crippen molar-refractivity contribution in [3.8, 4) is 0 Å². The molecule has 1 aliphatic heterocycles. The van der Waals surface area contributed by atoms with Crippen LogP contribution >= 0.6 is 23.4 Å². The van der Waals surface area contributed by atoms with Gasteiger partial charge in [-0.05, 0) is 12.1 Å². The van der Waals surface area contributed by atoms with E-state index in [1.807, 2.05) is 36.0 Å². The Bertz CT molecular complexity index is 919. The van der Waals surface area contributed by atoms with Crippen molar-refractivity contribution in [3.63, 3.8) is 0 Å². The number of hydrogen-bond acceptors (Lipinski definition) is 6. The maximum absolute atomic E-state index is 6.71. The molecular weight excluding hydrogens is 368 g/mol. The number of thioether (sulfide) groups is 1. The molecule has 0 saturated carbocycles. The first-order valence-electron chi connectivity index (χ1n) is 8.73. The second-order valence-corrected chi connectivity index (χ2v) is 8.17. The van der Waals surface area contributed by atoms with Gasteiger partial charge < -0.3 is 10.2 Å². The first kappa shape index (κ1) is 17.4. The summed E-state index contributed by atoms with van der Waals surface area (Å²) in [6.07, 6.45) is 0. The number of aromatic amines is 1. The molecule has 6 nitrogen and oxygen atoms in total. The van der Waals surface area contributed by atoms with Crippen molar-refractivity contribution in [2.24, 2.45) is 0 Å². The number of hydrogen-bond donors (Lipinski definition) is 2. The van der Waals surface area contributed by atoms with E-state index in [1.165, 1.54) is 0 Å². The van der Waals surface area contributed by atoms with E-state index in [1.54, 1.807) is 0 Å². The van der Waals surface area contributed by atoms with Crippen LogP contribution in [0.15, 0.2) is 24.3 Å². The molecule has 2 N–H and O–H groups in total. The van der Waals surface area contributed by atoms with Gasteiger partial charge in [0.15, 0.2) is 17.5 Å². The van der Waals surface area contributed by atoms with E-state index >= 15 is 0 Å². The number of anilines is 3. The molecule has 0 radical (unpaired) electrons. The topological polar surface area (TPSA) is 69.7 Å². The minimum atomic E-state index is 0.210. The highest BCUT2D eigenvalue weighted by atomic mass is 35.5. The molecule has 1 aromatic carbocycles. The van der Waals surface area contributed by atoms with Crippen LogP contribution in [0.1, 0.15) is 25.6 Å². The van der Waals surface area contributed by atoms with Gasteiger partial charge in [-0.3, -0.25) is 5.10 Å². The average Bonchev–Trinajstić information content (AvgIpc) is 3.07. The molecule has 26 heavy (non-hydrogen) atoms. The molecule has 0 atom stereocenters. The third-order valence-corrected chi connectivity index (χ3v) is 5.68. The van der Waals surface area contributed by atoms with Crippen LogP contribution in [0.5, 0.6) is 0 Å². The number of nitrogens with one attached hydrogen (secondary N) is 2. The third-order valence-electron chi connectivity index (χ3n) is 4.39. The predicted octanol–water partition coefficient (Wildman–Crippen LogP) is 4.43. The third kappa shape index (κ3) is 3.33. The van der Waals surface area contributed by atoms with Crippen molar-refractivity contribution < 1.29 is 0 Å². The van der Waals surface area contributed by atoms with Gasteiger partial charge >= 0.3 is 0 Å². The monoisotopic (exact) mass is 388 g/mol. The zero-order chi connectivity index (χ0) is 18.1. The molecular formula is C18H21ClN6S. The normalized spacial score (nSPS) is 15.0. The summed E-state index contributed by atoms with van der Waals surface area (Å²) in [5, 5.41) is 12.3. The predicted molar refractivity (Wildman–Crippen MR) is 110 cm³/mol. The second-order valence-electron chi connectivity index (χ2n) is 6.56. The number of nitrogens with zero attached hydrogens (tertiary/aromatic N) is 4. The SMILES string of the molecule is CC(C)c1nc(Nc2n[nH]c3ccccc23)c(Cl)c(N2CCSCC2)n1. The fraction of sp³-hybridized carbons (Fsp3) is 0.389. The quantitative estimate of drug-likeness (QED) is 0.689. The van der Waals surface area contributed by atoms with Gasteiger partial charge in [0.25, 0.3) is 0 Å². The molecule has 0 aliphatic carbocycles. The Morgan fingerprint density at radius 1 is 1.15 bits per heavy atom. The van der Waals surface area contributed by atoms with Crippen molar-refractivity contribution in [3.05, 3.63) is 35.1 Å². The molecule has 3 aromatic rings. The minimum absolute atomic E-state index is 0.210. The number of halogens is 1. The number of benzene rings is 1. The van der Waals surface area contributed by atoms with Gasteiger partial charge in [0.05, 0.1) is 5.52 Å². The Balaban J connectivity index is 1.75. The summed E-state index contributed by atoms with van der Waals surface area (Å²) in [4.78, 5) is 11.7. The number of fused-ring (bicyclic) bond motifs is 1. The van der Waals surface area contributed by atoms with Gasteiger partial charge in [-0.15, -0.1) is 0 Å². The summed E-state index contributed by atoms with van der Waals surface area (Å²) in [6.45, 7) is 6.08. The van der Waals surface area contributed by atoms with Gasteiger partial charge in [0.2, 0.25) is 0 Å². The molecule has 0 bridgehead atoms. The van der Waals surface area contributed by atoms with Crippen LogP contribution in [0.4, 0.5) is 17.5 Å². The summed E-state index contributed by atoms with van der Waals surface area (Å²) < 4.78 is 0. The zero-order valence-electron chi connectivity index (χ0n) is 14.8. The van der Waals surface area contributed by atoms with Gasteiger partial charge in [-0.1, -0.05) is 37.6 Å². The average molecular weight is 389 g/mol. The van der Waals surface area contributed by atoms with Crippen LogP contribution < -0.4 is 10.2 Å². The molecule has 1 fully saturated rings. The van der Waals surface area contributed by atoms with Crippen LogP contribution in [0.25, 0.3) is 10.9 Å². The van der Waals surface area contributed by atoms with Crippen LogP contribution in [0.2, 0.25) is 5.02 Å². The standard InChI is InChI=1S/C18H21ClN6S/c1-11(2)15-20-17(14(19)18(22-15)25-7-9-26-10-8-25)21-16-12-5-3-4-6-13(12)23-24-16/h3-6,11H,7-10H2,1-2H3,(H2,20,21,22,23,24). The molecule has 2 aromatic heterocycles. The first-order valence-corrected chi connectivity index (χ1v) is 10.3. The highest BCUT2D eigenvalue weighted by Crippen LogP contribution is 2.35. The van der Waals surface area contributed by atoms with Crippen molar-refractivity contribution >= 4 is 51.7 Å². The fourth-order valence-electron chi connectivity index (χ4n) is 2.95. The molecule has 1 aliphatic rings. The van der Waals surface area contributed by atoms with Crippen LogP contribution in [-0.2, 0) is 0 Å². The van der Waals surface area contributed by atoms with Crippen molar-refractivity contribution in [2.75, 3.05) is 34.8 Å². The van der Waals surface area contributed by atoms with Crippen LogP contribution in [-0.4, -0.2) is 44.8 Å². The van der Waals surface area contributed by atoms with E-state index in [0.29, 0.717) is 10.8 Å². The molecule has 0 unspecified atom stereocenters. The van der Waals surface area contributed by atoms with E-state index in [0.717, 1.165) is 53.0 Å². The molecule has 0 amide bonds. The highest BCUT2D eigenvalue weighted by Gasteiger charge is 2.22. The van der Waals surface area contributed by atoms with Crippen molar-refractivity contribution in [1.29, 1.82) is 0 Å². The maximum atomic E-state index is 6.71. The van der Waals surface area contributed by atoms with E-state index in [-0.39, 0.29) is 5.92 Å². The molecule has 136 valence electrons.